The molecule has 2 aromatic heterocycles. The lowest BCUT2D eigenvalue weighted by molar-refractivity contribution is 0.194. The third-order valence-corrected chi connectivity index (χ3v) is 2.44. The van der Waals surface area contributed by atoms with Gasteiger partial charge in [0.1, 0.15) is 0 Å². The Labute approximate surface area is 94.2 Å². The van der Waals surface area contributed by atoms with Gasteiger partial charge in [0.05, 0.1) is 5.69 Å². The molecule has 0 saturated heterocycles. The molecular weight excluding hydrogens is 204 g/mol. The predicted octanol–water partition coefficient (Wildman–Crippen LogP) is 0.767. The highest BCUT2D eigenvalue weighted by molar-refractivity contribution is 5.38. The van der Waals surface area contributed by atoms with Crippen molar-refractivity contribution in [1.82, 2.24) is 14.6 Å². The van der Waals surface area contributed by atoms with E-state index in [-0.39, 0.29) is 0 Å². The Morgan fingerprint density at radius 1 is 1.44 bits per heavy atom. The molecule has 2 rings (SSSR count). The molecule has 0 aliphatic carbocycles. The molecule has 0 saturated carbocycles. The van der Waals surface area contributed by atoms with Crippen LogP contribution in [-0.4, -0.2) is 28.3 Å². The summed E-state index contributed by atoms with van der Waals surface area (Å²) in [5.41, 5.74) is 7.47. The average molecular weight is 220 g/mol. The summed E-state index contributed by atoms with van der Waals surface area (Å²) in [6.07, 6.45) is 1.77. The van der Waals surface area contributed by atoms with E-state index in [1.165, 1.54) is 0 Å². The minimum absolute atomic E-state index is 0.470. The van der Waals surface area contributed by atoms with E-state index in [4.69, 9.17) is 10.5 Å². The maximum Gasteiger partial charge on any atom is 0.155 e. The van der Waals surface area contributed by atoms with E-state index >= 15 is 0 Å². The zero-order valence-electron chi connectivity index (χ0n) is 9.39. The first-order valence-corrected chi connectivity index (χ1v) is 5.37. The second-order valence-corrected chi connectivity index (χ2v) is 3.62. The first-order valence-electron chi connectivity index (χ1n) is 5.37. The van der Waals surface area contributed by atoms with E-state index in [0.717, 1.165) is 36.6 Å². The Morgan fingerprint density at radius 2 is 2.31 bits per heavy atom. The first kappa shape index (κ1) is 11.0. The SMILES string of the molecule is COCCCc1nc2cccc(CN)n2n1. The van der Waals surface area contributed by atoms with E-state index in [1.54, 1.807) is 7.11 Å². The third-order valence-electron chi connectivity index (χ3n) is 2.44. The number of hydrogen-bond acceptors (Lipinski definition) is 4. The van der Waals surface area contributed by atoms with Crippen molar-refractivity contribution in [2.45, 2.75) is 19.4 Å². The lowest BCUT2D eigenvalue weighted by Gasteiger charge is -1.98. The van der Waals surface area contributed by atoms with Gasteiger partial charge in [0, 0.05) is 26.7 Å². The average Bonchev–Trinajstić information content (AvgIpc) is 2.71. The fourth-order valence-corrected chi connectivity index (χ4v) is 1.64. The highest BCUT2D eigenvalue weighted by Crippen LogP contribution is 2.06. The van der Waals surface area contributed by atoms with E-state index in [1.807, 2.05) is 22.7 Å². The molecule has 0 atom stereocenters. The summed E-state index contributed by atoms with van der Waals surface area (Å²) in [6, 6.07) is 5.84. The minimum Gasteiger partial charge on any atom is -0.385 e. The van der Waals surface area contributed by atoms with Crippen molar-refractivity contribution in [1.29, 1.82) is 0 Å². The van der Waals surface area contributed by atoms with Crippen LogP contribution in [0.15, 0.2) is 18.2 Å². The van der Waals surface area contributed by atoms with Crippen LogP contribution in [0.3, 0.4) is 0 Å². The number of aryl methyl sites for hydroxylation is 1. The normalized spacial score (nSPS) is 11.1. The number of aromatic nitrogens is 3. The molecule has 0 fully saturated rings. The first-order chi connectivity index (χ1) is 7.85. The molecule has 0 amide bonds. The summed E-state index contributed by atoms with van der Waals surface area (Å²) in [6.45, 7) is 1.21. The fraction of sp³-hybridized carbons (Fsp3) is 0.455. The van der Waals surface area contributed by atoms with Gasteiger partial charge in [-0.25, -0.2) is 9.50 Å². The summed E-state index contributed by atoms with van der Waals surface area (Å²) < 4.78 is 6.81. The molecule has 0 bridgehead atoms. The van der Waals surface area contributed by atoms with Crippen molar-refractivity contribution >= 4 is 5.65 Å². The number of hydrogen-bond donors (Lipinski definition) is 1. The van der Waals surface area contributed by atoms with Gasteiger partial charge in [0.25, 0.3) is 0 Å². The largest absolute Gasteiger partial charge is 0.385 e. The van der Waals surface area contributed by atoms with Crippen molar-refractivity contribution in [2.75, 3.05) is 13.7 Å². The highest BCUT2D eigenvalue weighted by atomic mass is 16.5. The lowest BCUT2D eigenvalue weighted by atomic mass is 10.3. The Kier molecular flexibility index (Phi) is 3.48. The zero-order valence-corrected chi connectivity index (χ0v) is 9.39. The molecule has 16 heavy (non-hydrogen) atoms. The topological polar surface area (TPSA) is 65.4 Å². The number of nitrogens with two attached hydrogens (primary N) is 1. The Hall–Kier alpha value is -1.46. The number of ether oxygens (including phenoxy) is 1. The Morgan fingerprint density at radius 3 is 3.06 bits per heavy atom. The van der Waals surface area contributed by atoms with E-state index in [0.29, 0.717) is 6.54 Å². The number of nitrogens with zero attached hydrogens (tertiary/aromatic N) is 3. The molecule has 2 N–H and O–H groups in total. The Balaban J connectivity index is 2.22. The number of pyridine rings is 1. The molecule has 0 unspecified atom stereocenters. The molecule has 0 aliphatic heterocycles. The van der Waals surface area contributed by atoms with Gasteiger partial charge in [-0.1, -0.05) is 6.07 Å². The maximum absolute atomic E-state index is 5.64. The zero-order chi connectivity index (χ0) is 11.4. The number of fused-ring (bicyclic) bond motifs is 1. The van der Waals surface area contributed by atoms with Crippen molar-refractivity contribution in [3.05, 3.63) is 29.7 Å². The summed E-state index contributed by atoms with van der Waals surface area (Å²) in [5.74, 6) is 0.845. The van der Waals surface area contributed by atoms with Crippen LogP contribution in [0.1, 0.15) is 17.9 Å². The quantitative estimate of drug-likeness (QED) is 0.756. The molecule has 86 valence electrons. The monoisotopic (exact) mass is 220 g/mol. The molecule has 2 aromatic rings. The standard InChI is InChI=1S/C11H16N4O/c1-16-7-3-5-10-13-11-6-2-4-9(8-12)15(11)14-10/h2,4,6H,3,5,7-8,12H2,1H3. The molecule has 2 heterocycles. The molecule has 5 nitrogen and oxygen atoms in total. The highest BCUT2D eigenvalue weighted by Gasteiger charge is 2.05. The van der Waals surface area contributed by atoms with Crippen LogP contribution in [0.5, 0.6) is 0 Å². The molecular formula is C11H16N4O. The number of methoxy groups -OCH3 is 1. The molecule has 0 aliphatic rings. The summed E-state index contributed by atoms with van der Waals surface area (Å²) >= 11 is 0. The predicted molar refractivity (Wildman–Crippen MR) is 61.1 cm³/mol. The van der Waals surface area contributed by atoms with Crippen LogP contribution in [0, 0.1) is 0 Å². The van der Waals surface area contributed by atoms with Gasteiger partial charge in [-0.2, -0.15) is 5.10 Å². The second-order valence-electron chi connectivity index (χ2n) is 3.62. The van der Waals surface area contributed by atoms with Crippen LogP contribution >= 0.6 is 0 Å². The van der Waals surface area contributed by atoms with Crippen LogP contribution < -0.4 is 5.73 Å². The van der Waals surface area contributed by atoms with Gasteiger partial charge in [0.15, 0.2) is 11.5 Å². The van der Waals surface area contributed by atoms with Gasteiger partial charge in [-0.15, -0.1) is 0 Å². The fourth-order valence-electron chi connectivity index (χ4n) is 1.64. The third kappa shape index (κ3) is 2.20. The molecule has 5 heteroatoms. The summed E-state index contributed by atoms with van der Waals surface area (Å²) in [5, 5.41) is 4.43. The van der Waals surface area contributed by atoms with Crippen molar-refractivity contribution in [3.63, 3.8) is 0 Å². The van der Waals surface area contributed by atoms with Gasteiger partial charge >= 0.3 is 0 Å². The summed E-state index contributed by atoms with van der Waals surface area (Å²) in [7, 11) is 1.70. The van der Waals surface area contributed by atoms with E-state index in [9.17, 15) is 0 Å². The van der Waals surface area contributed by atoms with Crippen LogP contribution in [0.4, 0.5) is 0 Å². The smallest absolute Gasteiger partial charge is 0.155 e. The van der Waals surface area contributed by atoms with Gasteiger partial charge in [-0.05, 0) is 18.6 Å². The van der Waals surface area contributed by atoms with Crippen LogP contribution in [-0.2, 0) is 17.7 Å². The van der Waals surface area contributed by atoms with Gasteiger partial charge in [-0.3, -0.25) is 0 Å². The van der Waals surface area contributed by atoms with Gasteiger partial charge in [0.2, 0.25) is 0 Å². The van der Waals surface area contributed by atoms with Crippen molar-refractivity contribution < 1.29 is 4.74 Å². The summed E-state index contributed by atoms with van der Waals surface area (Å²) in [4.78, 5) is 4.43. The Bertz CT molecular complexity index is 466. The molecule has 0 spiro atoms. The number of rotatable bonds is 5. The van der Waals surface area contributed by atoms with Crippen molar-refractivity contribution in [2.24, 2.45) is 5.73 Å². The lowest BCUT2D eigenvalue weighted by Crippen LogP contribution is -2.04. The second kappa shape index (κ2) is 5.05. The van der Waals surface area contributed by atoms with Crippen LogP contribution in [0.25, 0.3) is 5.65 Å². The van der Waals surface area contributed by atoms with E-state index in [2.05, 4.69) is 10.1 Å². The van der Waals surface area contributed by atoms with E-state index < -0.39 is 0 Å². The molecule has 0 aromatic carbocycles. The van der Waals surface area contributed by atoms with Crippen molar-refractivity contribution in [3.8, 4) is 0 Å². The van der Waals surface area contributed by atoms with Crippen LogP contribution in [0.2, 0.25) is 0 Å². The maximum atomic E-state index is 5.64. The van der Waals surface area contributed by atoms with Gasteiger partial charge < -0.3 is 10.5 Å². The minimum atomic E-state index is 0.470. The molecule has 0 radical (unpaired) electrons.